The Morgan fingerprint density at radius 2 is 2.07 bits per heavy atom. The average molecular weight is 404 g/mol. The number of hydrogen-bond donors (Lipinski definition) is 2. The van der Waals surface area contributed by atoms with E-state index in [1.807, 2.05) is 27.7 Å². The Bertz CT molecular complexity index is 947. The molecule has 0 saturated carbocycles. The summed E-state index contributed by atoms with van der Waals surface area (Å²) < 4.78 is 16.1. The number of nitrogens with zero attached hydrogens (tertiary/aromatic N) is 3. The average Bonchev–Trinajstić information content (AvgIpc) is 2.98. The summed E-state index contributed by atoms with van der Waals surface area (Å²) in [6, 6.07) is 6.32. The number of anilines is 1. The molecule has 0 aliphatic carbocycles. The van der Waals surface area contributed by atoms with E-state index in [9.17, 15) is 9.18 Å². The summed E-state index contributed by atoms with van der Waals surface area (Å²) in [6.07, 6.45) is 0.670. The number of hydrogen-bond acceptors (Lipinski definition) is 5. The summed E-state index contributed by atoms with van der Waals surface area (Å²) in [7, 11) is 1.73. The van der Waals surface area contributed by atoms with Gasteiger partial charge in [0.15, 0.2) is 5.17 Å². The van der Waals surface area contributed by atoms with Crippen molar-refractivity contribution in [2.45, 2.75) is 45.1 Å². The maximum atomic E-state index is 14.5. The van der Waals surface area contributed by atoms with Crippen LogP contribution >= 0.6 is 11.8 Å². The van der Waals surface area contributed by atoms with Gasteiger partial charge < -0.3 is 11.1 Å². The van der Waals surface area contributed by atoms with Crippen LogP contribution in [-0.2, 0) is 18.0 Å². The molecule has 1 atom stereocenters. The third kappa shape index (κ3) is 4.06. The van der Waals surface area contributed by atoms with Crippen LogP contribution in [0.2, 0.25) is 0 Å². The lowest BCUT2D eigenvalue weighted by Gasteiger charge is -2.30. The van der Waals surface area contributed by atoms with E-state index in [1.54, 1.807) is 29.9 Å². The molecule has 1 aliphatic rings. The molecule has 0 saturated heterocycles. The lowest BCUT2D eigenvalue weighted by molar-refractivity contribution is 0.101. The Morgan fingerprint density at radius 3 is 2.68 bits per heavy atom. The number of amides is 1. The Hall–Kier alpha value is -2.35. The number of aliphatic imine (C=N–C) groups is 1. The maximum absolute atomic E-state index is 14.5. The van der Waals surface area contributed by atoms with Crippen molar-refractivity contribution in [2.75, 3.05) is 11.1 Å². The van der Waals surface area contributed by atoms with E-state index < -0.39 is 5.54 Å². The highest BCUT2D eigenvalue weighted by Gasteiger charge is 2.32. The molecule has 1 aromatic carbocycles. The first-order valence-electron chi connectivity index (χ1n) is 9.14. The smallest absolute Gasteiger partial charge is 0.273 e. The third-order valence-corrected chi connectivity index (χ3v) is 5.68. The van der Waals surface area contributed by atoms with Crippen molar-refractivity contribution < 1.29 is 9.18 Å². The second-order valence-electron chi connectivity index (χ2n) is 8.26. The van der Waals surface area contributed by atoms with Gasteiger partial charge >= 0.3 is 0 Å². The van der Waals surface area contributed by atoms with Gasteiger partial charge in [-0.1, -0.05) is 32.5 Å². The fourth-order valence-electron chi connectivity index (χ4n) is 3.14. The summed E-state index contributed by atoms with van der Waals surface area (Å²) >= 11 is 1.46. The third-order valence-electron chi connectivity index (χ3n) is 4.88. The van der Waals surface area contributed by atoms with Crippen LogP contribution in [0.5, 0.6) is 0 Å². The highest BCUT2D eigenvalue weighted by molar-refractivity contribution is 8.13. The summed E-state index contributed by atoms with van der Waals surface area (Å²) in [4.78, 5) is 17.2. The van der Waals surface area contributed by atoms with E-state index in [0.717, 1.165) is 11.4 Å². The van der Waals surface area contributed by atoms with Crippen molar-refractivity contribution in [2.24, 2.45) is 17.8 Å². The molecule has 1 amide bonds. The number of rotatable bonds is 3. The molecule has 3 N–H and O–H groups in total. The van der Waals surface area contributed by atoms with Gasteiger partial charge in [0, 0.05) is 29.5 Å². The van der Waals surface area contributed by atoms with E-state index in [0.29, 0.717) is 28.5 Å². The Morgan fingerprint density at radius 1 is 1.36 bits per heavy atom. The van der Waals surface area contributed by atoms with Crippen LogP contribution in [0, 0.1) is 5.82 Å². The highest BCUT2D eigenvalue weighted by Crippen LogP contribution is 2.37. The predicted octanol–water partition coefficient (Wildman–Crippen LogP) is 3.78. The first-order valence-corrected chi connectivity index (χ1v) is 10.1. The highest BCUT2D eigenvalue weighted by atomic mass is 32.2. The van der Waals surface area contributed by atoms with E-state index in [1.165, 1.54) is 17.8 Å². The standard InChI is InChI=1S/C20H26FN5OS/c1-19(2,3)16-11-15(26(5)25-16)17(27)23-12-6-7-14(21)13(10-12)20(4)8-9-28-18(22)24-20/h6-7,10-11H,8-9H2,1-5H3,(H2,22,24)(H,23,27). The Labute approximate surface area is 168 Å². The summed E-state index contributed by atoms with van der Waals surface area (Å²) in [5, 5.41) is 7.73. The van der Waals surface area contributed by atoms with Crippen LogP contribution in [0.1, 0.15) is 55.9 Å². The van der Waals surface area contributed by atoms with Gasteiger partial charge in [-0.3, -0.25) is 14.5 Å². The van der Waals surface area contributed by atoms with E-state index in [-0.39, 0.29) is 17.1 Å². The summed E-state index contributed by atoms with van der Waals surface area (Å²) in [6.45, 7) is 7.98. The number of aryl methyl sites for hydroxylation is 1. The zero-order valence-corrected chi connectivity index (χ0v) is 17.7. The molecule has 1 aromatic heterocycles. The van der Waals surface area contributed by atoms with Crippen LogP contribution < -0.4 is 11.1 Å². The number of halogens is 1. The maximum Gasteiger partial charge on any atom is 0.273 e. The molecular formula is C20H26FN5OS. The van der Waals surface area contributed by atoms with Crippen molar-refractivity contribution in [3.8, 4) is 0 Å². The molecule has 1 unspecified atom stereocenters. The summed E-state index contributed by atoms with van der Waals surface area (Å²) in [5.41, 5.74) is 7.16. The number of thioether (sulfide) groups is 1. The van der Waals surface area contributed by atoms with Crippen LogP contribution in [0.3, 0.4) is 0 Å². The molecule has 28 heavy (non-hydrogen) atoms. The number of nitrogens with one attached hydrogen (secondary N) is 1. The van der Waals surface area contributed by atoms with Crippen molar-refractivity contribution in [1.29, 1.82) is 0 Å². The zero-order valence-electron chi connectivity index (χ0n) is 16.8. The normalized spacial score (nSPS) is 20.0. The Kier molecular flexibility index (Phi) is 5.27. The minimum Gasteiger partial charge on any atom is -0.379 e. The van der Waals surface area contributed by atoms with Gasteiger partial charge in [-0.15, -0.1) is 0 Å². The number of benzene rings is 1. The first-order chi connectivity index (χ1) is 13.0. The molecule has 1 aliphatic heterocycles. The van der Waals surface area contributed by atoms with Crippen LogP contribution in [-0.4, -0.2) is 26.6 Å². The number of aromatic nitrogens is 2. The Balaban J connectivity index is 1.89. The molecule has 150 valence electrons. The van der Waals surface area contributed by atoms with Crippen molar-refractivity contribution in [3.63, 3.8) is 0 Å². The number of amidine groups is 1. The lowest BCUT2D eigenvalue weighted by atomic mass is 9.89. The van der Waals surface area contributed by atoms with Crippen molar-refractivity contribution in [1.82, 2.24) is 9.78 Å². The van der Waals surface area contributed by atoms with Gasteiger partial charge in [-0.05, 0) is 37.6 Å². The molecule has 2 heterocycles. The lowest BCUT2D eigenvalue weighted by Crippen LogP contribution is -2.30. The summed E-state index contributed by atoms with van der Waals surface area (Å²) in [5.74, 6) is 0.113. The van der Waals surface area contributed by atoms with Crippen molar-refractivity contribution >= 4 is 28.5 Å². The zero-order chi connectivity index (χ0) is 20.7. The largest absolute Gasteiger partial charge is 0.379 e. The number of carbonyl (C=O) groups is 1. The van der Waals surface area contributed by atoms with Gasteiger partial charge in [0.1, 0.15) is 11.5 Å². The SMILES string of the molecule is Cn1nc(C(C)(C)C)cc1C(=O)Nc1ccc(F)c(C2(C)CCSC(N)=N2)c1. The molecular weight excluding hydrogens is 377 g/mol. The van der Waals surface area contributed by atoms with Gasteiger partial charge in [0.25, 0.3) is 5.91 Å². The van der Waals surface area contributed by atoms with E-state index in [4.69, 9.17) is 5.73 Å². The second-order valence-corrected chi connectivity index (χ2v) is 9.37. The van der Waals surface area contributed by atoms with Gasteiger partial charge in [0.05, 0.1) is 11.2 Å². The predicted molar refractivity (Wildman–Crippen MR) is 112 cm³/mol. The molecule has 0 spiro atoms. The second kappa shape index (κ2) is 7.24. The van der Waals surface area contributed by atoms with Crippen LogP contribution in [0.15, 0.2) is 29.3 Å². The minimum absolute atomic E-state index is 0.162. The number of nitrogens with two attached hydrogens (primary N) is 1. The fourth-order valence-corrected chi connectivity index (χ4v) is 4.11. The topological polar surface area (TPSA) is 85.3 Å². The molecule has 0 bridgehead atoms. The number of carbonyl (C=O) groups excluding carboxylic acids is 1. The first kappa shape index (κ1) is 20.4. The quantitative estimate of drug-likeness (QED) is 0.817. The van der Waals surface area contributed by atoms with Crippen molar-refractivity contribution in [3.05, 3.63) is 47.0 Å². The monoisotopic (exact) mass is 403 g/mol. The fraction of sp³-hybridized carbons (Fsp3) is 0.450. The van der Waals surface area contributed by atoms with Gasteiger partial charge in [-0.2, -0.15) is 5.10 Å². The molecule has 3 rings (SSSR count). The molecule has 0 radical (unpaired) electrons. The van der Waals surface area contributed by atoms with E-state index in [2.05, 4.69) is 15.4 Å². The van der Waals surface area contributed by atoms with E-state index >= 15 is 0 Å². The minimum atomic E-state index is -0.744. The molecule has 2 aromatic rings. The molecule has 8 heteroatoms. The molecule has 0 fully saturated rings. The van der Waals surface area contributed by atoms with Crippen LogP contribution in [0.4, 0.5) is 10.1 Å². The van der Waals surface area contributed by atoms with Crippen LogP contribution in [0.25, 0.3) is 0 Å². The molecule has 6 nitrogen and oxygen atoms in total. The van der Waals surface area contributed by atoms with Gasteiger partial charge in [0.2, 0.25) is 0 Å². The van der Waals surface area contributed by atoms with Gasteiger partial charge in [-0.25, -0.2) is 4.39 Å².